The summed E-state index contributed by atoms with van der Waals surface area (Å²) < 4.78 is 0. The lowest BCUT2D eigenvalue weighted by Crippen LogP contribution is -2.13. The van der Waals surface area contributed by atoms with Crippen LogP contribution in [0.2, 0.25) is 5.02 Å². The summed E-state index contributed by atoms with van der Waals surface area (Å²) in [5, 5.41) is 4.03. The Morgan fingerprint density at radius 1 is 1.43 bits per heavy atom. The van der Waals surface area contributed by atoms with Crippen LogP contribution in [0, 0.1) is 18.8 Å². The fourth-order valence-electron chi connectivity index (χ4n) is 1.14. The quantitative estimate of drug-likeness (QED) is 0.594. The van der Waals surface area contributed by atoms with E-state index in [4.69, 9.17) is 11.6 Å². The van der Waals surface area contributed by atoms with Gasteiger partial charge >= 0.3 is 0 Å². The molecule has 0 saturated carbocycles. The minimum absolute atomic E-state index is 0.709. The standard InChI is InChI=1S/C12H14ClN/c1-3-4-7-14-9-11-6-5-10(2)8-12(11)13/h5-6,8,14H,7,9H2,1-2H3. The van der Waals surface area contributed by atoms with Crippen LogP contribution in [0.3, 0.4) is 0 Å². The van der Waals surface area contributed by atoms with Gasteiger partial charge in [-0.15, -0.1) is 5.92 Å². The maximum atomic E-state index is 6.07. The van der Waals surface area contributed by atoms with Gasteiger partial charge in [0.1, 0.15) is 0 Å². The van der Waals surface area contributed by atoms with Crippen LogP contribution in [-0.4, -0.2) is 6.54 Å². The van der Waals surface area contributed by atoms with Gasteiger partial charge in [-0.05, 0) is 31.0 Å². The molecule has 1 rings (SSSR count). The molecule has 1 nitrogen and oxygen atoms in total. The topological polar surface area (TPSA) is 12.0 Å². The van der Waals surface area contributed by atoms with Gasteiger partial charge in [-0.25, -0.2) is 0 Å². The van der Waals surface area contributed by atoms with Gasteiger partial charge in [0.15, 0.2) is 0 Å². The van der Waals surface area contributed by atoms with E-state index in [0.717, 1.165) is 17.1 Å². The molecule has 0 amide bonds. The van der Waals surface area contributed by atoms with E-state index >= 15 is 0 Å². The number of hydrogen-bond acceptors (Lipinski definition) is 1. The summed E-state index contributed by atoms with van der Waals surface area (Å²) >= 11 is 6.07. The van der Waals surface area contributed by atoms with E-state index < -0.39 is 0 Å². The number of benzene rings is 1. The number of rotatable bonds is 3. The van der Waals surface area contributed by atoms with Crippen LogP contribution < -0.4 is 5.32 Å². The molecule has 0 aliphatic carbocycles. The minimum atomic E-state index is 0.709. The second-order valence-corrected chi connectivity index (χ2v) is 3.53. The van der Waals surface area contributed by atoms with Crippen molar-refractivity contribution in [2.45, 2.75) is 20.4 Å². The Balaban J connectivity index is 2.53. The second kappa shape index (κ2) is 5.70. The summed E-state index contributed by atoms with van der Waals surface area (Å²) in [5.74, 6) is 5.78. The second-order valence-electron chi connectivity index (χ2n) is 3.13. The highest BCUT2D eigenvalue weighted by atomic mass is 35.5. The molecular formula is C12H14ClN. The van der Waals surface area contributed by atoms with E-state index in [1.165, 1.54) is 5.56 Å². The Morgan fingerprint density at radius 3 is 2.86 bits per heavy atom. The summed E-state index contributed by atoms with van der Waals surface area (Å²) in [7, 11) is 0. The number of aryl methyl sites for hydroxylation is 1. The molecule has 74 valence electrons. The zero-order chi connectivity index (χ0) is 10.4. The molecule has 1 aromatic carbocycles. The van der Waals surface area contributed by atoms with Gasteiger partial charge < -0.3 is 5.32 Å². The third-order valence-electron chi connectivity index (χ3n) is 1.91. The van der Waals surface area contributed by atoms with Crippen LogP contribution in [-0.2, 0) is 6.54 Å². The number of nitrogens with one attached hydrogen (secondary N) is 1. The van der Waals surface area contributed by atoms with Gasteiger partial charge in [-0.3, -0.25) is 0 Å². The van der Waals surface area contributed by atoms with Gasteiger partial charge in [0.05, 0.1) is 6.54 Å². The summed E-state index contributed by atoms with van der Waals surface area (Å²) in [6, 6.07) is 6.09. The first-order chi connectivity index (χ1) is 6.74. The average molecular weight is 208 g/mol. The lowest BCUT2D eigenvalue weighted by atomic mass is 10.1. The van der Waals surface area contributed by atoms with Crippen molar-refractivity contribution in [1.29, 1.82) is 0 Å². The van der Waals surface area contributed by atoms with Gasteiger partial charge in [-0.2, -0.15) is 0 Å². The Kier molecular flexibility index (Phi) is 4.52. The largest absolute Gasteiger partial charge is 0.302 e. The Hall–Kier alpha value is -0.970. The van der Waals surface area contributed by atoms with Crippen LogP contribution in [0.5, 0.6) is 0 Å². The zero-order valence-corrected chi connectivity index (χ0v) is 9.28. The van der Waals surface area contributed by atoms with Crippen molar-refractivity contribution in [3.05, 3.63) is 34.3 Å². The molecule has 0 bridgehead atoms. The van der Waals surface area contributed by atoms with Gasteiger partial charge in [0.25, 0.3) is 0 Å². The third-order valence-corrected chi connectivity index (χ3v) is 2.27. The molecule has 0 atom stereocenters. The van der Waals surface area contributed by atoms with E-state index in [-0.39, 0.29) is 0 Å². The van der Waals surface area contributed by atoms with Crippen LogP contribution in [0.15, 0.2) is 18.2 Å². The predicted octanol–water partition coefficient (Wildman–Crippen LogP) is 2.76. The van der Waals surface area contributed by atoms with Crippen molar-refractivity contribution in [3.8, 4) is 11.8 Å². The summed E-state index contributed by atoms with van der Waals surface area (Å²) in [6.07, 6.45) is 0. The van der Waals surface area contributed by atoms with Gasteiger partial charge in [-0.1, -0.05) is 29.7 Å². The molecule has 2 heteroatoms. The highest BCUT2D eigenvalue weighted by Crippen LogP contribution is 2.16. The first-order valence-electron chi connectivity index (χ1n) is 4.59. The first-order valence-corrected chi connectivity index (χ1v) is 4.97. The number of halogens is 1. The van der Waals surface area contributed by atoms with Crippen LogP contribution in [0.4, 0.5) is 0 Å². The monoisotopic (exact) mass is 207 g/mol. The lowest BCUT2D eigenvalue weighted by Gasteiger charge is -2.04. The molecule has 14 heavy (non-hydrogen) atoms. The zero-order valence-electron chi connectivity index (χ0n) is 8.52. The third kappa shape index (κ3) is 3.41. The Bertz CT molecular complexity index is 360. The molecule has 0 heterocycles. The minimum Gasteiger partial charge on any atom is -0.302 e. The Morgan fingerprint density at radius 2 is 2.21 bits per heavy atom. The molecule has 0 unspecified atom stereocenters. The Labute approximate surface area is 90.5 Å². The fourth-order valence-corrected chi connectivity index (χ4v) is 1.45. The van der Waals surface area contributed by atoms with E-state index in [1.54, 1.807) is 0 Å². The van der Waals surface area contributed by atoms with Crippen LogP contribution >= 0.6 is 11.6 Å². The highest BCUT2D eigenvalue weighted by Gasteiger charge is 1.98. The molecule has 0 saturated heterocycles. The van der Waals surface area contributed by atoms with Crippen molar-refractivity contribution in [3.63, 3.8) is 0 Å². The smallest absolute Gasteiger partial charge is 0.0579 e. The van der Waals surface area contributed by atoms with Crippen molar-refractivity contribution in [2.24, 2.45) is 0 Å². The van der Waals surface area contributed by atoms with Crippen LogP contribution in [0.1, 0.15) is 18.1 Å². The van der Waals surface area contributed by atoms with Crippen molar-refractivity contribution < 1.29 is 0 Å². The molecule has 1 aromatic rings. The predicted molar refractivity (Wildman–Crippen MR) is 61.3 cm³/mol. The first kappa shape index (κ1) is 11.1. The normalized spacial score (nSPS) is 9.36. The van der Waals surface area contributed by atoms with E-state index in [0.29, 0.717) is 6.54 Å². The van der Waals surface area contributed by atoms with E-state index in [2.05, 4.69) is 23.2 Å². The maximum Gasteiger partial charge on any atom is 0.0579 e. The molecule has 0 aliphatic rings. The summed E-state index contributed by atoms with van der Waals surface area (Å²) in [6.45, 7) is 5.35. The molecule has 1 N–H and O–H groups in total. The van der Waals surface area contributed by atoms with E-state index in [1.807, 2.05) is 26.0 Å². The lowest BCUT2D eigenvalue weighted by molar-refractivity contribution is 0.770. The number of hydrogen-bond donors (Lipinski definition) is 1. The molecular weight excluding hydrogens is 194 g/mol. The SMILES string of the molecule is CC#CCNCc1ccc(C)cc1Cl. The van der Waals surface area contributed by atoms with Crippen molar-refractivity contribution in [1.82, 2.24) is 5.32 Å². The van der Waals surface area contributed by atoms with Crippen molar-refractivity contribution >= 4 is 11.6 Å². The fraction of sp³-hybridized carbons (Fsp3) is 0.333. The molecule has 0 spiro atoms. The summed E-state index contributed by atoms with van der Waals surface area (Å²) in [5.41, 5.74) is 2.31. The van der Waals surface area contributed by atoms with Crippen molar-refractivity contribution in [2.75, 3.05) is 6.54 Å². The summed E-state index contributed by atoms with van der Waals surface area (Å²) in [4.78, 5) is 0. The maximum absolute atomic E-state index is 6.07. The van der Waals surface area contributed by atoms with Gasteiger partial charge in [0, 0.05) is 11.6 Å². The van der Waals surface area contributed by atoms with Crippen LogP contribution in [0.25, 0.3) is 0 Å². The molecule has 0 aliphatic heterocycles. The molecule has 0 radical (unpaired) electrons. The average Bonchev–Trinajstić information content (AvgIpc) is 2.15. The highest BCUT2D eigenvalue weighted by molar-refractivity contribution is 6.31. The molecule has 0 fully saturated rings. The molecule has 0 aromatic heterocycles. The van der Waals surface area contributed by atoms with E-state index in [9.17, 15) is 0 Å². The van der Waals surface area contributed by atoms with Gasteiger partial charge in [0.2, 0.25) is 0 Å².